The van der Waals surface area contributed by atoms with Gasteiger partial charge in [-0.15, -0.1) is 0 Å². The van der Waals surface area contributed by atoms with Gasteiger partial charge in [-0.2, -0.15) is 4.98 Å². The highest BCUT2D eigenvalue weighted by molar-refractivity contribution is 9.10. The molecule has 1 aromatic carbocycles. The number of halogens is 1. The Hall–Kier alpha value is -2.21. The number of hydrogen-bond donors (Lipinski definition) is 1. The molecule has 2 aromatic heterocycles. The summed E-state index contributed by atoms with van der Waals surface area (Å²) in [6.07, 6.45) is 1.70. The maximum absolute atomic E-state index is 5.20. The van der Waals surface area contributed by atoms with Crippen molar-refractivity contribution < 1.29 is 4.52 Å². The van der Waals surface area contributed by atoms with Crippen molar-refractivity contribution in [3.63, 3.8) is 0 Å². The highest BCUT2D eigenvalue weighted by atomic mass is 79.9. The molecule has 100 valence electrons. The van der Waals surface area contributed by atoms with Gasteiger partial charge >= 0.3 is 0 Å². The highest BCUT2D eigenvalue weighted by Crippen LogP contribution is 2.16. The predicted molar refractivity (Wildman–Crippen MR) is 79.0 cm³/mol. The standard InChI is InChI=1S/C14H11BrN4O/c15-10-6-7-12(17-8-10)14-18-13(20-19-14)9-16-11-4-2-1-3-5-11/h1-8,16H,9H2. The van der Waals surface area contributed by atoms with Gasteiger partial charge in [0.25, 0.3) is 0 Å². The van der Waals surface area contributed by atoms with Crippen molar-refractivity contribution in [3.05, 3.63) is 59.0 Å². The summed E-state index contributed by atoms with van der Waals surface area (Å²) in [6.45, 7) is 0.480. The number of anilines is 1. The topological polar surface area (TPSA) is 63.8 Å². The Bertz CT molecular complexity index is 682. The lowest BCUT2D eigenvalue weighted by molar-refractivity contribution is 0.384. The Kier molecular flexibility index (Phi) is 3.73. The maximum Gasteiger partial charge on any atom is 0.246 e. The summed E-state index contributed by atoms with van der Waals surface area (Å²) >= 11 is 3.34. The van der Waals surface area contributed by atoms with Crippen LogP contribution in [0.2, 0.25) is 0 Å². The Balaban J connectivity index is 1.69. The largest absolute Gasteiger partial charge is 0.376 e. The molecule has 0 aliphatic carbocycles. The molecule has 0 saturated heterocycles. The number of hydrogen-bond acceptors (Lipinski definition) is 5. The molecular weight excluding hydrogens is 320 g/mol. The van der Waals surface area contributed by atoms with Gasteiger partial charge in [0, 0.05) is 16.4 Å². The molecule has 3 rings (SSSR count). The minimum absolute atomic E-state index is 0.480. The lowest BCUT2D eigenvalue weighted by atomic mass is 10.3. The maximum atomic E-state index is 5.20. The van der Waals surface area contributed by atoms with Gasteiger partial charge < -0.3 is 9.84 Å². The molecule has 0 atom stereocenters. The second kappa shape index (κ2) is 5.83. The highest BCUT2D eigenvalue weighted by Gasteiger charge is 2.09. The molecule has 3 aromatic rings. The van der Waals surface area contributed by atoms with E-state index in [1.54, 1.807) is 6.20 Å². The van der Waals surface area contributed by atoms with Gasteiger partial charge in [-0.3, -0.25) is 4.98 Å². The van der Waals surface area contributed by atoms with E-state index < -0.39 is 0 Å². The summed E-state index contributed by atoms with van der Waals surface area (Å²) in [6, 6.07) is 13.6. The summed E-state index contributed by atoms with van der Waals surface area (Å²) in [4.78, 5) is 8.54. The first-order valence-corrected chi connectivity index (χ1v) is 6.84. The van der Waals surface area contributed by atoms with Crippen LogP contribution >= 0.6 is 15.9 Å². The lowest BCUT2D eigenvalue weighted by Crippen LogP contribution is -1.99. The molecule has 2 heterocycles. The van der Waals surface area contributed by atoms with Crippen molar-refractivity contribution in [2.24, 2.45) is 0 Å². The Morgan fingerprint density at radius 1 is 1.10 bits per heavy atom. The van der Waals surface area contributed by atoms with Gasteiger partial charge in [-0.1, -0.05) is 23.4 Å². The number of benzene rings is 1. The molecule has 1 N–H and O–H groups in total. The summed E-state index contributed by atoms with van der Waals surface area (Å²) < 4.78 is 6.11. The van der Waals surface area contributed by atoms with E-state index >= 15 is 0 Å². The molecular formula is C14H11BrN4O. The number of aromatic nitrogens is 3. The molecule has 0 aliphatic rings. The average molecular weight is 331 g/mol. The van der Waals surface area contributed by atoms with Crippen LogP contribution in [0.4, 0.5) is 5.69 Å². The number of para-hydroxylation sites is 1. The molecule has 0 saturated carbocycles. The molecule has 20 heavy (non-hydrogen) atoms. The van der Waals surface area contributed by atoms with Gasteiger partial charge in [0.2, 0.25) is 11.7 Å². The Labute approximate surface area is 124 Å². The molecule has 0 aliphatic heterocycles. The Morgan fingerprint density at radius 3 is 2.70 bits per heavy atom. The SMILES string of the molecule is Brc1ccc(-c2noc(CNc3ccccc3)n2)nc1. The van der Waals surface area contributed by atoms with Crippen LogP contribution in [0.1, 0.15) is 5.89 Å². The van der Waals surface area contributed by atoms with Crippen LogP contribution < -0.4 is 5.32 Å². The fourth-order valence-electron chi connectivity index (χ4n) is 1.67. The quantitative estimate of drug-likeness (QED) is 0.793. The zero-order valence-corrected chi connectivity index (χ0v) is 12.0. The van der Waals surface area contributed by atoms with E-state index in [0.29, 0.717) is 24.0 Å². The van der Waals surface area contributed by atoms with Crippen molar-refractivity contribution >= 4 is 21.6 Å². The second-order valence-corrected chi connectivity index (χ2v) is 5.01. The van der Waals surface area contributed by atoms with Gasteiger partial charge in [-0.25, -0.2) is 0 Å². The normalized spacial score (nSPS) is 10.4. The monoisotopic (exact) mass is 330 g/mol. The van der Waals surface area contributed by atoms with Crippen LogP contribution in [0.15, 0.2) is 57.7 Å². The van der Waals surface area contributed by atoms with Crippen molar-refractivity contribution in [1.29, 1.82) is 0 Å². The van der Waals surface area contributed by atoms with Gasteiger partial charge in [-0.05, 0) is 40.2 Å². The van der Waals surface area contributed by atoms with Crippen LogP contribution in [0.5, 0.6) is 0 Å². The fourth-order valence-corrected chi connectivity index (χ4v) is 1.91. The summed E-state index contributed by atoms with van der Waals surface area (Å²) in [5.74, 6) is 1.01. The van der Waals surface area contributed by atoms with E-state index in [1.165, 1.54) is 0 Å². The summed E-state index contributed by atoms with van der Waals surface area (Å²) in [5, 5.41) is 7.14. The van der Waals surface area contributed by atoms with Gasteiger partial charge in [0.05, 0.1) is 6.54 Å². The van der Waals surface area contributed by atoms with Crippen LogP contribution in [-0.4, -0.2) is 15.1 Å². The van der Waals surface area contributed by atoms with E-state index in [9.17, 15) is 0 Å². The van der Waals surface area contributed by atoms with Crippen molar-refractivity contribution in [1.82, 2.24) is 15.1 Å². The molecule has 6 heteroatoms. The third kappa shape index (κ3) is 3.03. The van der Waals surface area contributed by atoms with Crippen molar-refractivity contribution in [2.45, 2.75) is 6.54 Å². The molecule has 0 unspecified atom stereocenters. The first kappa shape index (κ1) is 12.8. The molecule has 0 fully saturated rings. The van der Waals surface area contributed by atoms with Gasteiger partial charge in [0.1, 0.15) is 5.69 Å². The zero-order chi connectivity index (χ0) is 13.8. The van der Waals surface area contributed by atoms with Crippen LogP contribution in [0.25, 0.3) is 11.5 Å². The lowest BCUT2D eigenvalue weighted by Gasteiger charge is -2.01. The molecule has 5 nitrogen and oxygen atoms in total. The molecule has 0 spiro atoms. The number of nitrogens with zero attached hydrogens (tertiary/aromatic N) is 3. The minimum Gasteiger partial charge on any atom is -0.376 e. The second-order valence-electron chi connectivity index (χ2n) is 4.09. The van der Waals surface area contributed by atoms with Crippen LogP contribution in [-0.2, 0) is 6.54 Å². The van der Waals surface area contributed by atoms with E-state index in [4.69, 9.17) is 4.52 Å². The minimum atomic E-state index is 0.480. The van der Waals surface area contributed by atoms with Crippen LogP contribution in [0, 0.1) is 0 Å². The smallest absolute Gasteiger partial charge is 0.246 e. The third-order valence-corrected chi connectivity index (χ3v) is 3.11. The first-order chi connectivity index (χ1) is 9.81. The summed E-state index contributed by atoms with van der Waals surface area (Å²) in [5.41, 5.74) is 1.69. The third-order valence-electron chi connectivity index (χ3n) is 2.64. The first-order valence-electron chi connectivity index (χ1n) is 6.05. The number of pyridine rings is 1. The molecule has 0 radical (unpaired) electrons. The van der Waals surface area contributed by atoms with Crippen LogP contribution in [0.3, 0.4) is 0 Å². The van der Waals surface area contributed by atoms with E-state index in [2.05, 4.69) is 36.4 Å². The fraction of sp³-hybridized carbons (Fsp3) is 0.0714. The molecule has 0 bridgehead atoms. The average Bonchev–Trinajstić information content (AvgIpc) is 2.96. The Morgan fingerprint density at radius 2 is 1.95 bits per heavy atom. The molecule has 0 amide bonds. The van der Waals surface area contributed by atoms with Crippen molar-refractivity contribution in [2.75, 3.05) is 5.32 Å². The van der Waals surface area contributed by atoms with Crippen molar-refractivity contribution in [3.8, 4) is 11.5 Å². The predicted octanol–water partition coefficient (Wildman–Crippen LogP) is 3.51. The summed E-state index contributed by atoms with van der Waals surface area (Å²) in [7, 11) is 0. The van der Waals surface area contributed by atoms with Gasteiger partial charge in [0.15, 0.2) is 0 Å². The van der Waals surface area contributed by atoms with E-state index in [0.717, 1.165) is 10.2 Å². The van der Waals surface area contributed by atoms with E-state index in [-0.39, 0.29) is 0 Å². The number of rotatable bonds is 4. The van der Waals surface area contributed by atoms with E-state index in [1.807, 2.05) is 42.5 Å². The zero-order valence-electron chi connectivity index (χ0n) is 10.5. The number of nitrogens with one attached hydrogen (secondary N) is 1.